The normalized spacial score (nSPS) is 16.1. The van der Waals surface area contributed by atoms with Gasteiger partial charge in [0.2, 0.25) is 11.8 Å². The van der Waals surface area contributed by atoms with Crippen molar-refractivity contribution in [3.05, 3.63) is 29.8 Å². The number of hydrogen-bond donors (Lipinski definition) is 1. The third-order valence-corrected chi connectivity index (χ3v) is 5.20. The Labute approximate surface area is 148 Å². The molecular formula is C18H27N3O2S. The Bertz CT molecular complexity index is 554. The van der Waals surface area contributed by atoms with E-state index in [-0.39, 0.29) is 17.9 Å². The van der Waals surface area contributed by atoms with Gasteiger partial charge in [-0.2, -0.15) is 11.8 Å². The maximum atomic E-state index is 12.3. The van der Waals surface area contributed by atoms with Crippen molar-refractivity contribution in [1.82, 2.24) is 9.80 Å². The van der Waals surface area contributed by atoms with Crippen LogP contribution in [0.15, 0.2) is 24.3 Å². The average Bonchev–Trinajstić information content (AvgIpc) is 2.57. The maximum absolute atomic E-state index is 12.3. The largest absolute Gasteiger partial charge is 0.341 e. The Hall–Kier alpha value is -1.53. The zero-order valence-electron chi connectivity index (χ0n) is 14.7. The summed E-state index contributed by atoms with van der Waals surface area (Å²) in [5.41, 5.74) is 1.75. The van der Waals surface area contributed by atoms with Crippen LogP contribution in [0.5, 0.6) is 0 Å². The molecule has 1 heterocycles. The van der Waals surface area contributed by atoms with E-state index < -0.39 is 0 Å². The number of thioether (sulfide) groups is 1. The van der Waals surface area contributed by atoms with Crippen LogP contribution in [-0.4, -0.2) is 66.3 Å². The Morgan fingerprint density at radius 2 is 1.83 bits per heavy atom. The topological polar surface area (TPSA) is 52.7 Å². The van der Waals surface area contributed by atoms with Crippen molar-refractivity contribution < 1.29 is 9.59 Å². The summed E-state index contributed by atoms with van der Waals surface area (Å²) in [5, 5.41) is 2.94. The minimum absolute atomic E-state index is 0.00265. The van der Waals surface area contributed by atoms with Crippen LogP contribution in [0.1, 0.15) is 18.9 Å². The number of nitrogens with one attached hydrogen (secondary N) is 1. The summed E-state index contributed by atoms with van der Waals surface area (Å²) >= 11 is 1.90. The lowest BCUT2D eigenvalue weighted by Crippen LogP contribution is -2.39. The van der Waals surface area contributed by atoms with Gasteiger partial charge in [0, 0.05) is 30.3 Å². The molecule has 1 N–H and O–H groups in total. The summed E-state index contributed by atoms with van der Waals surface area (Å²) in [6.07, 6.45) is 1.19. The fourth-order valence-electron chi connectivity index (χ4n) is 2.82. The predicted molar refractivity (Wildman–Crippen MR) is 100 cm³/mol. The van der Waals surface area contributed by atoms with Gasteiger partial charge in [0.15, 0.2) is 0 Å². The van der Waals surface area contributed by atoms with Crippen LogP contribution in [0.25, 0.3) is 0 Å². The van der Waals surface area contributed by atoms with E-state index in [0.717, 1.165) is 42.3 Å². The molecule has 1 atom stereocenters. The van der Waals surface area contributed by atoms with Crippen molar-refractivity contribution in [2.45, 2.75) is 25.8 Å². The van der Waals surface area contributed by atoms with Crippen LogP contribution in [0.2, 0.25) is 0 Å². The van der Waals surface area contributed by atoms with Gasteiger partial charge in [0.1, 0.15) is 0 Å². The van der Waals surface area contributed by atoms with Crippen molar-refractivity contribution in [3.8, 4) is 0 Å². The summed E-state index contributed by atoms with van der Waals surface area (Å²) in [6, 6.07) is 7.44. The number of anilines is 1. The van der Waals surface area contributed by atoms with Crippen LogP contribution >= 0.6 is 11.8 Å². The predicted octanol–water partition coefficient (Wildman–Crippen LogP) is 2.08. The minimum Gasteiger partial charge on any atom is -0.341 e. The van der Waals surface area contributed by atoms with Crippen molar-refractivity contribution in [1.29, 1.82) is 0 Å². The van der Waals surface area contributed by atoms with E-state index in [1.165, 1.54) is 0 Å². The molecule has 5 nitrogen and oxygen atoms in total. The lowest BCUT2D eigenvalue weighted by Gasteiger charge is -2.26. The Balaban J connectivity index is 1.90. The molecule has 1 aliphatic heterocycles. The van der Waals surface area contributed by atoms with Crippen LogP contribution in [0.4, 0.5) is 5.69 Å². The number of nitrogens with zero attached hydrogens (tertiary/aromatic N) is 2. The van der Waals surface area contributed by atoms with Crippen LogP contribution in [0.3, 0.4) is 0 Å². The van der Waals surface area contributed by atoms with E-state index >= 15 is 0 Å². The van der Waals surface area contributed by atoms with Gasteiger partial charge in [-0.15, -0.1) is 0 Å². The van der Waals surface area contributed by atoms with Gasteiger partial charge >= 0.3 is 0 Å². The minimum atomic E-state index is -0.136. The molecule has 1 fully saturated rings. The van der Waals surface area contributed by atoms with E-state index in [1.54, 1.807) is 0 Å². The highest BCUT2D eigenvalue weighted by atomic mass is 32.2. The molecule has 2 rings (SSSR count). The first-order valence-corrected chi connectivity index (χ1v) is 9.58. The van der Waals surface area contributed by atoms with Crippen molar-refractivity contribution in [2.24, 2.45) is 0 Å². The highest BCUT2D eigenvalue weighted by molar-refractivity contribution is 7.99. The Morgan fingerprint density at radius 3 is 2.38 bits per heavy atom. The molecule has 0 aromatic heterocycles. The standard InChI is InChI=1S/C18H27N3O2S/c1-4-16(20(2)3)18(23)19-15-7-5-14(6-8-15)13-17(22)21-9-11-24-12-10-21/h5-8,16H,4,9-13H2,1-3H3,(H,19,23)/t16-/m0/s1. The molecule has 1 saturated heterocycles. The molecule has 0 saturated carbocycles. The molecule has 0 radical (unpaired) electrons. The number of likely N-dealkylation sites (N-methyl/N-ethyl adjacent to an activating group) is 1. The van der Waals surface area contributed by atoms with Crippen molar-refractivity contribution >= 4 is 29.3 Å². The summed E-state index contributed by atoms with van der Waals surface area (Å²) in [6.45, 7) is 3.69. The molecule has 0 bridgehead atoms. The SMILES string of the molecule is CC[C@@H](C(=O)Nc1ccc(CC(=O)N2CCSCC2)cc1)N(C)C. The van der Waals surface area contributed by atoms with Crippen LogP contribution in [0, 0.1) is 0 Å². The van der Waals surface area contributed by atoms with Gasteiger partial charge in [0.25, 0.3) is 0 Å². The average molecular weight is 350 g/mol. The van der Waals surface area contributed by atoms with E-state index in [9.17, 15) is 9.59 Å². The molecule has 0 aliphatic carbocycles. The number of rotatable bonds is 6. The van der Waals surface area contributed by atoms with E-state index in [1.807, 2.05) is 66.8 Å². The summed E-state index contributed by atoms with van der Waals surface area (Å²) in [4.78, 5) is 28.4. The van der Waals surface area contributed by atoms with Gasteiger partial charge in [0.05, 0.1) is 12.5 Å². The number of benzene rings is 1. The molecule has 1 aromatic rings. The molecule has 1 aromatic carbocycles. The monoisotopic (exact) mass is 349 g/mol. The fraction of sp³-hybridized carbons (Fsp3) is 0.556. The highest BCUT2D eigenvalue weighted by Gasteiger charge is 2.19. The first-order valence-electron chi connectivity index (χ1n) is 8.43. The number of amides is 2. The third kappa shape index (κ3) is 5.24. The van der Waals surface area contributed by atoms with Gasteiger partial charge in [-0.1, -0.05) is 19.1 Å². The van der Waals surface area contributed by atoms with Crippen LogP contribution in [-0.2, 0) is 16.0 Å². The summed E-state index contributed by atoms with van der Waals surface area (Å²) in [5.74, 6) is 2.24. The molecule has 132 valence electrons. The molecule has 24 heavy (non-hydrogen) atoms. The highest BCUT2D eigenvalue weighted by Crippen LogP contribution is 2.14. The third-order valence-electron chi connectivity index (χ3n) is 4.25. The van der Waals surface area contributed by atoms with Crippen LogP contribution < -0.4 is 5.32 Å². The number of carbonyl (C=O) groups excluding carboxylic acids is 2. The van der Waals surface area contributed by atoms with Gasteiger partial charge < -0.3 is 10.2 Å². The number of hydrogen-bond acceptors (Lipinski definition) is 4. The fourth-order valence-corrected chi connectivity index (χ4v) is 3.72. The van der Waals surface area contributed by atoms with E-state index in [2.05, 4.69) is 5.32 Å². The first kappa shape index (κ1) is 18.8. The molecule has 0 spiro atoms. The second kappa shape index (κ2) is 9.08. The quantitative estimate of drug-likeness (QED) is 0.854. The first-order chi connectivity index (χ1) is 11.5. The molecule has 6 heteroatoms. The lowest BCUT2D eigenvalue weighted by atomic mass is 10.1. The summed E-state index contributed by atoms with van der Waals surface area (Å²) in [7, 11) is 3.81. The van der Waals surface area contributed by atoms with E-state index in [4.69, 9.17) is 0 Å². The van der Waals surface area contributed by atoms with Gasteiger partial charge in [-0.3, -0.25) is 14.5 Å². The van der Waals surface area contributed by atoms with E-state index in [0.29, 0.717) is 6.42 Å². The second-order valence-electron chi connectivity index (χ2n) is 6.24. The second-order valence-corrected chi connectivity index (χ2v) is 7.47. The molecular weight excluding hydrogens is 322 g/mol. The maximum Gasteiger partial charge on any atom is 0.241 e. The number of carbonyl (C=O) groups is 2. The molecule has 1 aliphatic rings. The molecule has 0 unspecified atom stereocenters. The zero-order chi connectivity index (χ0) is 17.5. The Kier molecular flexibility index (Phi) is 7.12. The zero-order valence-corrected chi connectivity index (χ0v) is 15.6. The Morgan fingerprint density at radius 1 is 1.21 bits per heavy atom. The lowest BCUT2D eigenvalue weighted by molar-refractivity contribution is -0.130. The molecule has 2 amide bonds. The van der Waals surface area contributed by atoms with Gasteiger partial charge in [-0.25, -0.2) is 0 Å². The smallest absolute Gasteiger partial charge is 0.241 e. The van der Waals surface area contributed by atoms with Crippen molar-refractivity contribution in [2.75, 3.05) is 44.0 Å². The van der Waals surface area contributed by atoms with Gasteiger partial charge in [-0.05, 0) is 38.2 Å². The summed E-state index contributed by atoms with van der Waals surface area (Å²) < 4.78 is 0. The van der Waals surface area contributed by atoms with Crippen molar-refractivity contribution in [3.63, 3.8) is 0 Å².